The molecule has 3 nitrogen and oxygen atoms in total. The molecule has 1 aliphatic heterocycles. The SMILES string of the molecule is CCN(CC)Cc1cc2c(cc1OC)CN(C)CC2. The van der Waals surface area contributed by atoms with E-state index in [9.17, 15) is 0 Å². The fourth-order valence-corrected chi connectivity index (χ4v) is 2.78. The van der Waals surface area contributed by atoms with E-state index in [4.69, 9.17) is 4.74 Å². The maximum Gasteiger partial charge on any atom is 0.123 e. The van der Waals surface area contributed by atoms with Crippen LogP contribution in [-0.4, -0.2) is 43.6 Å². The highest BCUT2D eigenvalue weighted by atomic mass is 16.5. The summed E-state index contributed by atoms with van der Waals surface area (Å²) in [4.78, 5) is 4.80. The molecule has 0 saturated heterocycles. The molecule has 0 saturated carbocycles. The standard InChI is InChI=1S/C16H26N2O/c1-5-18(6-2)12-15-9-13-7-8-17(3)11-14(13)10-16(15)19-4/h9-10H,5-8,11-12H2,1-4H3. The normalized spacial score (nSPS) is 15.6. The van der Waals surface area contributed by atoms with Gasteiger partial charge in [0.05, 0.1) is 7.11 Å². The Labute approximate surface area is 117 Å². The van der Waals surface area contributed by atoms with Crippen LogP contribution < -0.4 is 4.74 Å². The Morgan fingerprint density at radius 3 is 2.58 bits per heavy atom. The fraction of sp³-hybridized carbons (Fsp3) is 0.625. The first kappa shape index (κ1) is 14.4. The van der Waals surface area contributed by atoms with Crippen LogP contribution in [0.15, 0.2) is 12.1 Å². The molecule has 1 aromatic carbocycles. The van der Waals surface area contributed by atoms with Crippen molar-refractivity contribution >= 4 is 0 Å². The average Bonchev–Trinajstić information content (AvgIpc) is 2.43. The summed E-state index contributed by atoms with van der Waals surface area (Å²) in [5.74, 6) is 1.04. The zero-order valence-electron chi connectivity index (χ0n) is 12.7. The number of likely N-dealkylation sites (N-methyl/N-ethyl adjacent to an activating group) is 1. The van der Waals surface area contributed by atoms with Gasteiger partial charge in [0.25, 0.3) is 0 Å². The zero-order chi connectivity index (χ0) is 13.8. The van der Waals surface area contributed by atoms with Gasteiger partial charge in [-0.15, -0.1) is 0 Å². The largest absolute Gasteiger partial charge is 0.496 e. The number of rotatable bonds is 5. The molecule has 0 amide bonds. The van der Waals surface area contributed by atoms with Crippen molar-refractivity contribution in [2.45, 2.75) is 33.4 Å². The molecule has 2 rings (SSSR count). The summed E-state index contributed by atoms with van der Waals surface area (Å²) < 4.78 is 5.59. The van der Waals surface area contributed by atoms with Crippen LogP contribution in [0, 0.1) is 0 Å². The smallest absolute Gasteiger partial charge is 0.123 e. The highest BCUT2D eigenvalue weighted by Gasteiger charge is 2.17. The molecule has 3 heteroatoms. The van der Waals surface area contributed by atoms with E-state index in [0.29, 0.717) is 0 Å². The molecule has 106 valence electrons. The summed E-state index contributed by atoms with van der Waals surface area (Å²) in [6, 6.07) is 4.60. The van der Waals surface area contributed by atoms with E-state index in [1.54, 1.807) is 7.11 Å². The summed E-state index contributed by atoms with van der Waals surface area (Å²) in [5, 5.41) is 0. The molecule has 0 unspecified atom stereocenters. The lowest BCUT2D eigenvalue weighted by Crippen LogP contribution is -2.27. The highest BCUT2D eigenvalue weighted by Crippen LogP contribution is 2.28. The molecule has 0 bridgehead atoms. The third-order valence-electron chi connectivity index (χ3n) is 4.09. The molecule has 0 aliphatic carbocycles. The minimum Gasteiger partial charge on any atom is -0.496 e. The van der Waals surface area contributed by atoms with Crippen molar-refractivity contribution in [3.8, 4) is 5.75 Å². The van der Waals surface area contributed by atoms with Gasteiger partial charge in [0, 0.05) is 25.2 Å². The van der Waals surface area contributed by atoms with Gasteiger partial charge >= 0.3 is 0 Å². The monoisotopic (exact) mass is 262 g/mol. The van der Waals surface area contributed by atoms with Gasteiger partial charge in [-0.25, -0.2) is 0 Å². The van der Waals surface area contributed by atoms with Gasteiger partial charge in [-0.3, -0.25) is 4.90 Å². The molecular formula is C16H26N2O. The summed E-state index contributed by atoms with van der Waals surface area (Å²) in [6.07, 6.45) is 1.15. The first-order valence-corrected chi connectivity index (χ1v) is 7.27. The van der Waals surface area contributed by atoms with E-state index in [-0.39, 0.29) is 0 Å². The first-order chi connectivity index (χ1) is 9.17. The lowest BCUT2D eigenvalue weighted by Gasteiger charge is -2.27. The second-order valence-electron chi connectivity index (χ2n) is 5.38. The van der Waals surface area contributed by atoms with Crippen molar-refractivity contribution in [1.82, 2.24) is 9.80 Å². The number of ether oxygens (including phenoxy) is 1. The average molecular weight is 262 g/mol. The summed E-state index contributed by atoms with van der Waals surface area (Å²) in [7, 11) is 3.96. The highest BCUT2D eigenvalue weighted by molar-refractivity contribution is 5.43. The number of hydrogen-bond donors (Lipinski definition) is 0. The minimum atomic E-state index is 0.985. The number of benzene rings is 1. The van der Waals surface area contributed by atoms with Crippen molar-refractivity contribution in [3.05, 3.63) is 28.8 Å². The Morgan fingerprint density at radius 2 is 1.95 bits per heavy atom. The van der Waals surface area contributed by atoms with E-state index in [0.717, 1.165) is 44.9 Å². The van der Waals surface area contributed by atoms with Crippen molar-refractivity contribution in [2.75, 3.05) is 33.8 Å². The lowest BCUT2D eigenvalue weighted by molar-refractivity contribution is 0.286. The van der Waals surface area contributed by atoms with Crippen LogP contribution in [0.5, 0.6) is 5.75 Å². The summed E-state index contributed by atoms with van der Waals surface area (Å²) >= 11 is 0. The van der Waals surface area contributed by atoms with Gasteiger partial charge in [-0.2, -0.15) is 0 Å². The fourth-order valence-electron chi connectivity index (χ4n) is 2.78. The molecular weight excluding hydrogens is 236 g/mol. The van der Waals surface area contributed by atoms with Crippen LogP contribution in [0.3, 0.4) is 0 Å². The van der Waals surface area contributed by atoms with E-state index in [1.165, 1.54) is 16.7 Å². The Kier molecular flexibility index (Phi) is 4.83. The van der Waals surface area contributed by atoms with Gasteiger partial charge in [-0.1, -0.05) is 19.9 Å². The second-order valence-corrected chi connectivity index (χ2v) is 5.38. The number of nitrogens with zero attached hydrogens (tertiary/aromatic N) is 2. The van der Waals surface area contributed by atoms with Crippen LogP contribution in [0.4, 0.5) is 0 Å². The van der Waals surface area contributed by atoms with Crippen LogP contribution >= 0.6 is 0 Å². The number of fused-ring (bicyclic) bond motifs is 1. The first-order valence-electron chi connectivity index (χ1n) is 7.27. The molecule has 1 heterocycles. The topological polar surface area (TPSA) is 15.7 Å². The Morgan fingerprint density at radius 1 is 1.21 bits per heavy atom. The molecule has 1 aromatic rings. The predicted molar refractivity (Wildman–Crippen MR) is 79.7 cm³/mol. The van der Waals surface area contributed by atoms with Crippen LogP contribution in [-0.2, 0) is 19.5 Å². The van der Waals surface area contributed by atoms with Gasteiger partial charge in [0.1, 0.15) is 5.75 Å². The van der Waals surface area contributed by atoms with Gasteiger partial charge < -0.3 is 9.64 Å². The molecule has 19 heavy (non-hydrogen) atoms. The molecule has 0 fully saturated rings. The zero-order valence-corrected chi connectivity index (χ0v) is 12.7. The Bertz CT molecular complexity index is 427. The van der Waals surface area contributed by atoms with E-state index in [2.05, 4.69) is 42.8 Å². The quantitative estimate of drug-likeness (QED) is 0.811. The predicted octanol–water partition coefficient (Wildman–Crippen LogP) is 2.52. The van der Waals surface area contributed by atoms with Crippen LogP contribution in [0.1, 0.15) is 30.5 Å². The molecule has 1 aliphatic rings. The number of methoxy groups -OCH3 is 1. The van der Waals surface area contributed by atoms with Gasteiger partial charge in [0.2, 0.25) is 0 Å². The molecule has 0 radical (unpaired) electrons. The van der Waals surface area contributed by atoms with Crippen molar-refractivity contribution < 1.29 is 4.74 Å². The van der Waals surface area contributed by atoms with Crippen molar-refractivity contribution in [3.63, 3.8) is 0 Å². The van der Waals surface area contributed by atoms with Gasteiger partial charge in [-0.05, 0) is 43.8 Å². The third kappa shape index (κ3) is 3.28. The van der Waals surface area contributed by atoms with E-state index in [1.807, 2.05) is 0 Å². The molecule has 0 spiro atoms. The van der Waals surface area contributed by atoms with E-state index >= 15 is 0 Å². The minimum absolute atomic E-state index is 0.985. The van der Waals surface area contributed by atoms with Crippen molar-refractivity contribution in [2.24, 2.45) is 0 Å². The van der Waals surface area contributed by atoms with Crippen molar-refractivity contribution in [1.29, 1.82) is 0 Å². The molecule has 0 N–H and O–H groups in total. The second kappa shape index (κ2) is 6.40. The summed E-state index contributed by atoms with van der Waals surface area (Å²) in [5.41, 5.74) is 4.25. The maximum atomic E-state index is 5.59. The maximum absolute atomic E-state index is 5.59. The Hall–Kier alpha value is -1.06. The Balaban J connectivity index is 2.28. The lowest BCUT2D eigenvalue weighted by atomic mass is 9.96. The summed E-state index contributed by atoms with van der Waals surface area (Å²) in [6.45, 7) is 9.77. The van der Waals surface area contributed by atoms with Crippen LogP contribution in [0.25, 0.3) is 0 Å². The number of hydrogen-bond acceptors (Lipinski definition) is 3. The van der Waals surface area contributed by atoms with E-state index < -0.39 is 0 Å². The van der Waals surface area contributed by atoms with Crippen LogP contribution in [0.2, 0.25) is 0 Å². The van der Waals surface area contributed by atoms with Gasteiger partial charge in [0.15, 0.2) is 0 Å². The molecule has 0 atom stereocenters. The third-order valence-corrected chi connectivity index (χ3v) is 4.09. The molecule has 0 aromatic heterocycles.